The third kappa shape index (κ3) is 3.82. The summed E-state index contributed by atoms with van der Waals surface area (Å²) in [6, 6.07) is 0. The van der Waals surface area contributed by atoms with Crippen LogP contribution in [0.1, 0.15) is 6.42 Å². The summed E-state index contributed by atoms with van der Waals surface area (Å²) in [7, 11) is 0. The largest absolute Gasteiger partial charge is 0.251 e. The molecular weight excluding hydrogens is 103 g/mol. The van der Waals surface area contributed by atoms with Crippen LogP contribution in [0.15, 0.2) is 0 Å². The Hall–Kier alpha value is -0.180. The first-order valence-corrected chi connectivity index (χ1v) is 2.38. The van der Waals surface area contributed by atoms with Gasteiger partial charge in [0, 0.05) is 11.8 Å². The van der Waals surface area contributed by atoms with Crippen LogP contribution in [0.4, 0.5) is 4.39 Å². The van der Waals surface area contributed by atoms with Crippen LogP contribution in [0.2, 0.25) is 0 Å². The van der Waals surface area contributed by atoms with Gasteiger partial charge in [0.15, 0.2) is 0 Å². The molecule has 0 radical (unpaired) electrons. The predicted octanol–water partition coefficient (Wildman–Crippen LogP) is 0.361. The second-order valence-corrected chi connectivity index (χ2v) is 1.27. The lowest BCUT2D eigenvalue weighted by atomic mass is 10.6. The third-order valence-electron chi connectivity index (χ3n) is 0.295. The van der Waals surface area contributed by atoms with Gasteiger partial charge >= 0.3 is 0 Å². The Morgan fingerprint density at radius 1 is 1.83 bits per heavy atom. The fourth-order valence-electron chi connectivity index (χ4n) is 0.0927. The van der Waals surface area contributed by atoms with Crippen LogP contribution >= 0.6 is 0 Å². The SMILES string of the molecule is O=S=CCCF. The molecule has 6 heavy (non-hydrogen) atoms. The van der Waals surface area contributed by atoms with E-state index in [0.717, 1.165) is 0 Å². The normalized spacial score (nSPS) is 7.50. The molecule has 0 saturated carbocycles. The minimum Gasteiger partial charge on any atom is -0.251 e. The Balaban J connectivity index is 2.86. The lowest BCUT2D eigenvalue weighted by molar-refractivity contribution is 0.511. The molecule has 0 aromatic rings. The average Bonchev–Trinajstić information content (AvgIpc) is 1.61. The van der Waals surface area contributed by atoms with Gasteiger partial charge < -0.3 is 0 Å². The van der Waals surface area contributed by atoms with E-state index in [1.54, 1.807) is 0 Å². The van der Waals surface area contributed by atoms with E-state index in [1.807, 2.05) is 0 Å². The van der Waals surface area contributed by atoms with Crippen LogP contribution in [0, 0.1) is 0 Å². The lowest BCUT2D eigenvalue weighted by Crippen LogP contribution is -1.73. The highest BCUT2D eigenvalue weighted by Crippen LogP contribution is 1.68. The molecule has 0 aliphatic heterocycles. The highest BCUT2D eigenvalue weighted by atomic mass is 32.1. The summed E-state index contributed by atoms with van der Waals surface area (Å²) in [4.78, 5) is 0. The van der Waals surface area contributed by atoms with Gasteiger partial charge in [-0.2, -0.15) is 0 Å². The van der Waals surface area contributed by atoms with Crippen LogP contribution < -0.4 is 0 Å². The van der Waals surface area contributed by atoms with Crippen molar-refractivity contribution >= 4 is 16.6 Å². The van der Waals surface area contributed by atoms with E-state index < -0.39 is 6.67 Å². The Bertz CT molecular complexity index is 67.2. The summed E-state index contributed by atoms with van der Waals surface area (Å²) in [5.74, 6) is 0. The molecule has 0 bridgehead atoms. The van der Waals surface area contributed by atoms with Crippen LogP contribution in [0.25, 0.3) is 0 Å². The fourth-order valence-corrected chi connectivity index (χ4v) is 0.278. The molecule has 0 heterocycles. The Kier molecular flexibility index (Phi) is 4.68. The molecule has 0 saturated heterocycles. The molecule has 0 unspecified atom stereocenters. The predicted molar refractivity (Wildman–Crippen MR) is 24.8 cm³/mol. The monoisotopic (exact) mass is 108 g/mol. The lowest BCUT2D eigenvalue weighted by Gasteiger charge is -1.68. The highest BCUT2D eigenvalue weighted by molar-refractivity contribution is 7.64. The zero-order chi connectivity index (χ0) is 4.83. The summed E-state index contributed by atoms with van der Waals surface area (Å²) < 4.78 is 20.4. The maximum absolute atomic E-state index is 11.0. The number of rotatable bonds is 2. The minimum atomic E-state index is -0.421. The standard InChI is InChI=1S/C3H5FOS/c4-2-1-3-6-5/h3H,1-2H2. The molecule has 0 amide bonds. The molecule has 0 aromatic carbocycles. The molecule has 0 aliphatic rings. The summed E-state index contributed by atoms with van der Waals surface area (Å²) in [5.41, 5.74) is 0. The summed E-state index contributed by atoms with van der Waals surface area (Å²) >= 11 is 0.311. The van der Waals surface area contributed by atoms with Gasteiger partial charge in [-0.3, -0.25) is 4.39 Å². The van der Waals surface area contributed by atoms with Crippen molar-refractivity contribution in [2.75, 3.05) is 6.67 Å². The Labute approximate surface area is 39.2 Å². The Morgan fingerprint density at radius 3 is 2.67 bits per heavy atom. The van der Waals surface area contributed by atoms with Gasteiger partial charge in [0.25, 0.3) is 0 Å². The summed E-state index contributed by atoms with van der Waals surface area (Å²) in [6.45, 7) is -0.421. The third-order valence-corrected chi connectivity index (χ3v) is 0.667. The van der Waals surface area contributed by atoms with E-state index in [9.17, 15) is 8.60 Å². The molecule has 1 nitrogen and oxygen atoms in total. The second kappa shape index (κ2) is 4.82. The van der Waals surface area contributed by atoms with Gasteiger partial charge in [-0.15, -0.1) is 0 Å². The van der Waals surface area contributed by atoms with Gasteiger partial charge in [-0.05, 0) is 0 Å². The zero-order valence-electron chi connectivity index (χ0n) is 3.19. The quantitative estimate of drug-likeness (QED) is 0.467. The van der Waals surface area contributed by atoms with Crippen molar-refractivity contribution in [1.29, 1.82) is 0 Å². The van der Waals surface area contributed by atoms with E-state index in [1.165, 1.54) is 5.37 Å². The molecule has 0 aliphatic carbocycles. The van der Waals surface area contributed by atoms with Crippen molar-refractivity contribution in [2.24, 2.45) is 0 Å². The molecule has 0 spiro atoms. The topological polar surface area (TPSA) is 17.1 Å². The second-order valence-electron chi connectivity index (χ2n) is 0.741. The van der Waals surface area contributed by atoms with Crippen LogP contribution in [0.3, 0.4) is 0 Å². The molecular formula is C3H5FOS. The van der Waals surface area contributed by atoms with Crippen LogP contribution in [-0.4, -0.2) is 16.3 Å². The molecule has 0 N–H and O–H groups in total. The van der Waals surface area contributed by atoms with Crippen molar-refractivity contribution in [2.45, 2.75) is 6.42 Å². The molecule has 0 rings (SSSR count). The van der Waals surface area contributed by atoms with Gasteiger partial charge in [0.05, 0.1) is 17.9 Å². The van der Waals surface area contributed by atoms with Crippen molar-refractivity contribution in [3.63, 3.8) is 0 Å². The number of hydrogen-bond donors (Lipinski definition) is 0. The van der Waals surface area contributed by atoms with Crippen molar-refractivity contribution in [3.8, 4) is 0 Å². The Morgan fingerprint density at radius 2 is 2.50 bits per heavy atom. The molecule has 36 valence electrons. The average molecular weight is 108 g/mol. The van der Waals surface area contributed by atoms with Crippen molar-refractivity contribution in [1.82, 2.24) is 0 Å². The van der Waals surface area contributed by atoms with Crippen LogP contribution in [0.5, 0.6) is 0 Å². The van der Waals surface area contributed by atoms with Gasteiger partial charge in [-0.25, -0.2) is 4.21 Å². The van der Waals surface area contributed by atoms with E-state index in [2.05, 4.69) is 0 Å². The molecule has 0 atom stereocenters. The zero-order valence-corrected chi connectivity index (χ0v) is 4.00. The van der Waals surface area contributed by atoms with Gasteiger partial charge in [-0.1, -0.05) is 0 Å². The van der Waals surface area contributed by atoms with Crippen molar-refractivity contribution < 1.29 is 8.60 Å². The van der Waals surface area contributed by atoms with Gasteiger partial charge in [0.2, 0.25) is 0 Å². The van der Waals surface area contributed by atoms with E-state index >= 15 is 0 Å². The maximum Gasteiger partial charge on any atom is 0.0937 e. The van der Waals surface area contributed by atoms with Crippen molar-refractivity contribution in [3.05, 3.63) is 0 Å². The first-order chi connectivity index (χ1) is 2.91. The molecule has 0 aromatic heterocycles. The number of alkyl halides is 1. The first kappa shape index (κ1) is 5.82. The molecule has 3 heteroatoms. The highest BCUT2D eigenvalue weighted by Gasteiger charge is 1.69. The number of halogens is 1. The number of hydrogen-bond acceptors (Lipinski definition) is 1. The smallest absolute Gasteiger partial charge is 0.0937 e. The van der Waals surface area contributed by atoms with E-state index in [4.69, 9.17) is 0 Å². The summed E-state index contributed by atoms with van der Waals surface area (Å²) in [6.07, 6.45) is 0.272. The van der Waals surface area contributed by atoms with E-state index in [0.29, 0.717) is 11.3 Å². The van der Waals surface area contributed by atoms with Gasteiger partial charge in [0.1, 0.15) is 0 Å². The molecule has 0 fully saturated rings. The van der Waals surface area contributed by atoms with E-state index in [-0.39, 0.29) is 6.42 Å². The fraction of sp³-hybridized carbons (Fsp3) is 0.667. The minimum absolute atomic E-state index is 0.272. The first-order valence-electron chi connectivity index (χ1n) is 1.58. The van der Waals surface area contributed by atoms with Crippen LogP contribution in [-0.2, 0) is 11.3 Å². The summed E-state index contributed by atoms with van der Waals surface area (Å²) in [5, 5.41) is 1.29. The maximum atomic E-state index is 11.0.